The van der Waals surface area contributed by atoms with E-state index >= 15 is 0 Å². The standard InChI is InChI=1S/C46H33NS/c1-46(2)40-27-36(19-21-37(40)39-25-33-11-6-7-12-34(33)26-41(39)46)32-14-8-13-31(23-32)35-18-16-28-15-17-29-20-22-42-44(43(29)38(28)24-35)48-45(47-42)30-9-4-3-5-10-30/h3-27,45,47H,1-2H3. The number of anilines is 1. The van der Waals surface area contributed by atoms with Gasteiger partial charge in [0.1, 0.15) is 5.37 Å². The van der Waals surface area contributed by atoms with Gasteiger partial charge in [-0.05, 0) is 113 Å². The zero-order valence-electron chi connectivity index (χ0n) is 26.9. The molecule has 1 aliphatic heterocycles. The van der Waals surface area contributed by atoms with Gasteiger partial charge in [-0.3, -0.25) is 0 Å². The molecule has 8 aromatic rings. The molecule has 1 aliphatic carbocycles. The van der Waals surface area contributed by atoms with Gasteiger partial charge in [0, 0.05) is 21.4 Å². The van der Waals surface area contributed by atoms with Gasteiger partial charge < -0.3 is 5.32 Å². The fourth-order valence-corrected chi connectivity index (χ4v) is 9.39. The molecule has 0 spiro atoms. The van der Waals surface area contributed by atoms with E-state index in [-0.39, 0.29) is 10.8 Å². The van der Waals surface area contributed by atoms with E-state index < -0.39 is 0 Å². The highest BCUT2D eigenvalue weighted by Gasteiger charge is 2.36. The second kappa shape index (κ2) is 10.3. The second-order valence-corrected chi connectivity index (χ2v) is 14.9. The van der Waals surface area contributed by atoms with Gasteiger partial charge in [0.15, 0.2) is 0 Å². The smallest absolute Gasteiger partial charge is 0.103 e. The largest absolute Gasteiger partial charge is 0.368 e. The molecule has 1 atom stereocenters. The van der Waals surface area contributed by atoms with Gasteiger partial charge >= 0.3 is 0 Å². The molecule has 2 aliphatic rings. The Morgan fingerprint density at radius 3 is 1.98 bits per heavy atom. The van der Waals surface area contributed by atoms with E-state index in [2.05, 4.69) is 171 Å². The Morgan fingerprint density at radius 2 is 1.15 bits per heavy atom. The van der Waals surface area contributed by atoms with Crippen molar-refractivity contribution in [2.24, 2.45) is 0 Å². The Kier molecular flexibility index (Phi) is 5.98. The van der Waals surface area contributed by atoms with E-state index in [9.17, 15) is 0 Å². The fourth-order valence-electron chi connectivity index (χ4n) is 8.08. The molecule has 1 unspecified atom stereocenters. The summed E-state index contributed by atoms with van der Waals surface area (Å²) in [4.78, 5) is 1.34. The molecule has 0 bridgehead atoms. The third-order valence-electron chi connectivity index (χ3n) is 10.7. The first kappa shape index (κ1) is 27.8. The molecule has 0 saturated carbocycles. The molecule has 0 radical (unpaired) electrons. The summed E-state index contributed by atoms with van der Waals surface area (Å²) in [5.74, 6) is 0. The molecule has 8 aromatic carbocycles. The predicted octanol–water partition coefficient (Wildman–Crippen LogP) is 13.0. The third kappa shape index (κ3) is 4.19. The lowest BCUT2D eigenvalue weighted by Crippen LogP contribution is -2.15. The number of hydrogen-bond donors (Lipinski definition) is 1. The van der Waals surface area contributed by atoms with Crippen molar-refractivity contribution in [1.29, 1.82) is 0 Å². The Balaban J connectivity index is 1.05. The maximum atomic E-state index is 3.78. The number of hydrogen-bond acceptors (Lipinski definition) is 2. The lowest BCUT2D eigenvalue weighted by atomic mass is 9.81. The van der Waals surface area contributed by atoms with Crippen molar-refractivity contribution in [3.05, 3.63) is 168 Å². The van der Waals surface area contributed by atoms with Crippen LogP contribution in [0.25, 0.3) is 65.7 Å². The van der Waals surface area contributed by atoms with Gasteiger partial charge in [0.05, 0.1) is 0 Å². The molecular weight excluding hydrogens is 599 g/mol. The first-order valence-corrected chi connectivity index (χ1v) is 17.7. The van der Waals surface area contributed by atoms with Crippen LogP contribution in [0, 0.1) is 0 Å². The van der Waals surface area contributed by atoms with Crippen LogP contribution in [0.4, 0.5) is 5.69 Å². The minimum absolute atomic E-state index is 0.0611. The lowest BCUT2D eigenvalue weighted by Gasteiger charge is -2.22. The van der Waals surface area contributed by atoms with E-state index in [1.165, 1.54) is 93.0 Å². The maximum absolute atomic E-state index is 3.78. The first-order valence-electron chi connectivity index (χ1n) is 16.8. The Hall–Kier alpha value is -5.31. The molecule has 0 fully saturated rings. The lowest BCUT2D eigenvalue weighted by molar-refractivity contribution is 0.661. The zero-order valence-corrected chi connectivity index (χ0v) is 27.7. The van der Waals surface area contributed by atoms with Crippen molar-refractivity contribution >= 4 is 49.8 Å². The van der Waals surface area contributed by atoms with Crippen molar-refractivity contribution in [1.82, 2.24) is 0 Å². The molecule has 48 heavy (non-hydrogen) atoms. The van der Waals surface area contributed by atoms with Gasteiger partial charge in [-0.2, -0.15) is 0 Å². The van der Waals surface area contributed by atoms with Crippen LogP contribution in [0.1, 0.15) is 35.9 Å². The van der Waals surface area contributed by atoms with Crippen LogP contribution in [0.5, 0.6) is 0 Å². The summed E-state index contributed by atoms with van der Waals surface area (Å²) in [6, 6.07) is 56.4. The van der Waals surface area contributed by atoms with E-state index in [4.69, 9.17) is 0 Å². The second-order valence-electron chi connectivity index (χ2n) is 13.8. The van der Waals surface area contributed by atoms with Gasteiger partial charge in [-0.15, -0.1) is 0 Å². The van der Waals surface area contributed by atoms with Crippen LogP contribution >= 0.6 is 11.8 Å². The van der Waals surface area contributed by atoms with Crippen LogP contribution in [0.2, 0.25) is 0 Å². The van der Waals surface area contributed by atoms with E-state index in [0.717, 1.165) is 0 Å². The number of rotatable bonds is 3. The summed E-state index contributed by atoms with van der Waals surface area (Å²) < 4.78 is 0. The highest BCUT2D eigenvalue weighted by Crippen LogP contribution is 2.52. The van der Waals surface area contributed by atoms with Crippen LogP contribution in [0.15, 0.2) is 157 Å². The highest BCUT2D eigenvalue weighted by atomic mass is 32.2. The van der Waals surface area contributed by atoms with Crippen molar-refractivity contribution < 1.29 is 0 Å². The highest BCUT2D eigenvalue weighted by molar-refractivity contribution is 8.00. The molecule has 0 aromatic heterocycles. The van der Waals surface area contributed by atoms with E-state index in [0.29, 0.717) is 0 Å². The molecule has 10 rings (SSSR count). The Labute approximate surface area is 285 Å². The van der Waals surface area contributed by atoms with Crippen LogP contribution in [-0.4, -0.2) is 0 Å². The molecular formula is C46H33NS. The molecule has 2 heteroatoms. The molecule has 228 valence electrons. The molecule has 1 heterocycles. The van der Waals surface area contributed by atoms with Gasteiger partial charge in [0.25, 0.3) is 0 Å². The number of fused-ring (bicyclic) bond motifs is 9. The average molecular weight is 632 g/mol. The predicted molar refractivity (Wildman–Crippen MR) is 206 cm³/mol. The van der Waals surface area contributed by atoms with Crippen molar-refractivity contribution in [2.75, 3.05) is 5.32 Å². The minimum Gasteiger partial charge on any atom is -0.368 e. The fraction of sp³-hybridized carbons (Fsp3) is 0.0870. The Bertz CT molecular complexity index is 2600. The molecule has 1 N–H and O–H groups in total. The van der Waals surface area contributed by atoms with Crippen LogP contribution in [-0.2, 0) is 5.41 Å². The van der Waals surface area contributed by atoms with Crippen molar-refractivity contribution in [3.8, 4) is 33.4 Å². The van der Waals surface area contributed by atoms with Crippen LogP contribution in [0.3, 0.4) is 0 Å². The summed E-state index contributed by atoms with van der Waals surface area (Å²) in [6.45, 7) is 4.75. The van der Waals surface area contributed by atoms with E-state index in [1.807, 2.05) is 11.8 Å². The third-order valence-corrected chi connectivity index (χ3v) is 11.9. The SMILES string of the molecule is CC1(C)c2cc(-c3cccc(-c4ccc5ccc6ccc7c(c6c5c4)SC(c4ccccc4)N7)c3)ccc2-c2cc3ccccc3cc21. The molecule has 1 nitrogen and oxygen atoms in total. The summed E-state index contributed by atoms with van der Waals surface area (Å²) >= 11 is 1.93. The molecule has 0 saturated heterocycles. The number of thioether (sulfide) groups is 1. The zero-order chi connectivity index (χ0) is 32.0. The summed E-state index contributed by atoms with van der Waals surface area (Å²) in [5, 5.41) is 11.8. The first-order chi connectivity index (χ1) is 23.5. The molecule has 0 amide bonds. The minimum atomic E-state index is -0.0611. The summed E-state index contributed by atoms with van der Waals surface area (Å²) in [7, 11) is 0. The maximum Gasteiger partial charge on any atom is 0.103 e. The van der Waals surface area contributed by atoms with E-state index in [1.54, 1.807) is 0 Å². The van der Waals surface area contributed by atoms with Crippen LogP contribution < -0.4 is 5.32 Å². The normalized spacial score (nSPS) is 15.8. The monoisotopic (exact) mass is 631 g/mol. The van der Waals surface area contributed by atoms with Gasteiger partial charge in [-0.1, -0.05) is 141 Å². The topological polar surface area (TPSA) is 12.0 Å². The quantitative estimate of drug-likeness (QED) is 0.195. The average Bonchev–Trinajstić information content (AvgIpc) is 3.67. The summed E-state index contributed by atoms with van der Waals surface area (Å²) in [6.07, 6.45) is 0. The van der Waals surface area contributed by atoms with Gasteiger partial charge in [0.2, 0.25) is 0 Å². The number of nitrogens with one attached hydrogen (secondary N) is 1. The number of benzene rings is 8. The van der Waals surface area contributed by atoms with Gasteiger partial charge in [-0.25, -0.2) is 0 Å². The van der Waals surface area contributed by atoms with Crippen molar-refractivity contribution in [2.45, 2.75) is 29.5 Å². The summed E-state index contributed by atoms with van der Waals surface area (Å²) in [5.41, 5.74) is 13.0. The van der Waals surface area contributed by atoms with Crippen molar-refractivity contribution in [3.63, 3.8) is 0 Å². The Morgan fingerprint density at radius 1 is 0.500 bits per heavy atom.